The van der Waals surface area contributed by atoms with Crippen LogP contribution in [0.2, 0.25) is 15.1 Å². The van der Waals surface area contributed by atoms with Crippen LogP contribution in [0.4, 0.5) is 0 Å². The number of hydrogen-bond donors (Lipinski definition) is 2. The Hall–Kier alpha value is -2.62. The summed E-state index contributed by atoms with van der Waals surface area (Å²) in [4.78, 5) is 25.6. The lowest BCUT2D eigenvalue weighted by molar-refractivity contribution is -0.124. The third-order valence-electron chi connectivity index (χ3n) is 6.30. The summed E-state index contributed by atoms with van der Waals surface area (Å²) in [7, 11) is -4.03. The molecule has 1 atom stereocenters. The van der Waals surface area contributed by atoms with Crippen LogP contribution >= 0.6 is 34.8 Å². The Morgan fingerprint density at radius 3 is 2.39 bits per heavy atom. The zero-order chi connectivity index (χ0) is 27.3. The second-order valence-electron chi connectivity index (χ2n) is 8.90. The van der Waals surface area contributed by atoms with E-state index in [4.69, 9.17) is 34.8 Å². The van der Waals surface area contributed by atoms with Crippen molar-refractivity contribution in [2.45, 2.75) is 43.3 Å². The summed E-state index contributed by atoms with van der Waals surface area (Å²) >= 11 is 18.2. The van der Waals surface area contributed by atoms with Crippen LogP contribution in [0.15, 0.2) is 71.6 Å². The molecule has 200 valence electrons. The molecule has 3 aromatic carbocycles. The molecule has 3 aromatic rings. The Morgan fingerprint density at radius 2 is 1.68 bits per heavy atom. The second kappa shape index (κ2) is 12.5. The number of benzene rings is 3. The monoisotopic (exact) mass is 593 g/mol. The lowest BCUT2D eigenvalue weighted by Crippen LogP contribution is -2.48. The van der Waals surface area contributed by atoms with Crippen molar-refractivity contribution in [2.24, 2.45) is 0 Å². The van der Waals surface area contributed by atoms with Gasteiger partial charge in [0.05, 0.1) is 14.9 Å². The minimum Gasteiger partial charge on any atom is -0.355 e. The molecular formula is C27H26Cl3N3O4S. The first kappa shape index (κ1) is 28.4. The van der Waals surface area contributed by atoms with E-state index in [0.717, 1.165) is 6.42 Å². The molecule has 7 nitrogen and oxygen atoms in total. The number of sulfonamides is 1. The van der Waals surface area contributed by atoms with Gasteiger partial charge in [0.1, 0.15) is 6.04 Å². The lowest BCUT2D eigenvalue weighted by Gasteiger charge is -2.29. The van der Waals surface area contributed by atoms with Gasteiger partial charge in [-0.2, -0.15) is 4.31 Å². The molecule has 2 N–H and O–H groups in total. The maximum Gasteiger partial charge on any atom is 0.251 e. The van der Waals surface area contributed by atoms with Crippen LogP contribution in [0.3, 0.4) is 0 Å². The van der Waals surface area contributed by atoms with Crippen LogP contribution < -0.4 is 10.6 Å². The van der Waals surface area contributed by atoms with Crippen molar-refractivity contribution in [2.75, 3.05) is 6.54 Å². The molecule has 0 spiro atoms. The van der Waals surface area contributed by atoms with Crippen molar-refractivity contribution in [3.63, 3.8) is 0 Å². The predicted molar refractivity (Wildman–Crippen MR) is 149 cm³/mol. The SMILES string of the molecule is O=C(NCc1cccc(Cl)c1Cl)c1ccc(CN([C@@H]2CCCCNC2=O)S(=O)(=O)c2ccc(Cl)cc2)cc1. The van der Waals surface area contributed by atoms with Crippen LogP contribution in [0.25, 0.3) is 0 Å². The number of nitrogens with zero attached hydrogens (tertiary/aromatic N) is 1. The fourth-order valence-corrected chi connectivity index (χ4v) is 6.33. The van der Waals surface area contributed by atoms with Crippen molar-refractivity contribution in [3.8, 4) is 0 Å². The lowest BCUT2D eigenvalue weighted by atomic mass is 10.1. The van der Waals surface area contributed by atoms with E-state index in [2.05, 4.69) is 10.6 Å². The predicted octanol–water partition coefficient (Wildman–Crippen LogP) is 5.44. The molecule has 1 heterocycles. The van der Waals surface area contributed by atoms with Gasteiger partial charge in [-0.15, -0.1) is 0 Å². The minimum atomic E-state index is -4.03. The molecule has 1 fully saturated rings. The van der Waals surface area contributed by atoms with Crippen LogP contribution in [-0.4, -0.2) is 37.1 Å². The highest BCUT2D eigenvalue weighted by Crippen LogP contribution is 2.27. The molecule has 0 aromatic heterocycles. The summed E-state index contributed by atoms with van der Waals surface area (Å²) < 4.78 is 28.6. The summed E-state index contributed by atoms with van der Waals surface area (Å²) in [6.07, 6.45) is 1.90. The average molecular weight is 595 g/mol. The standard InChI is InChI=1S/C27H26Cl3N3O4S/c28-21-11-13-22(14-12-21)38(36,37)33(24-6-1-2-15-31-27(24)35)17-18-7-9-19(10-8-18)26(34)32-16-20-4-3-5-23(29)25(20)30/h3-5,7-14,24H,1-2,6,15-17H2,(H,31,35)(H,32,34)/t24-/m1/s1. The number of hydrogen-bond acceptors (Lipinski definition) is 4. The zero-order valence-electron chi connectivity index (χ0n) is 20.3. The normalized spacial score (nSPS) is 16.1. The van der Waals surface area contributed by atoms with Gasteiger partial charge in [0.25, 0.3) is 5.91 Å². The first-order valence-electron chi connectivity index (χ1n) is 12.0. The van der Waals surface area contributed by atoms with E-state index in [9.17, 15) is 18.0 Å². The fourth-order valence-electron chi connectivity index (χ4n) is 4.21. The Morgan fingerprint density at radius 1 is 0.974 bits per heavy atom. The molecule has 0 radical (unpaired) electrons. The molecule has 2 amide bonds. The molecule has 0 saturated carbocycles. The van der Waals surface area contributed by atoms with Gasteiger partial charge in [-0.25, -0.2) is 8.42 Å². The molecule has 0 aliphatic carbocycles. The summed E-state index contributed by atoms with van der Waals surface area (Å²) in [6, 6.07) is 16.8. The van der Waals surface area contributed by atoms with E-state index >= 15 is 0 Å². The summed E-state index contributed by atoms with van der Waals surface area (Å²) in [5, 5.41) is 6.82. The first-order chi connectivity index (χ1) is 18.2. The van der Waals surface area contributed by atoms with Gasteiger partial charge in [-0.3, -0.25) is 9.59 Å². The molecule has 38 heavy (non-hydrogen) atoms. The quantitative estimate of drug-likeness (QED) is 0.363. The van der Waals surface area contributed by atoms with Crippen LogP contribution in [0.1, 0.15) is 40.7 Å². The van der Waals surface area contributed by atoms with Crippen LogP contribution in [-0.2, 0) is 27.9 Å². The van der Waals surface area contributed by atoms with Gasteiger partial charge < -0.3 is 10.6 Å². The Balaban J connectivity index is 1.54. The maximum atomic E-state index is 13.7. The van der Waals surface area contributed by atoms with E-state index in [1.165, 1.54) is 28.6 Å². The van der Waals surface area contributed by atoms with E-state index in [1.54, 1.807) is 42.5 Å². The molecule has 4 rings (SSSR count). The Bertz CT molecular complexity index is 1410. The summed E-state index contributed by atoms with van der Waals surface area (Å²) in [5.41, 5.74) is 1.72. The molecule has 1 saturated heterocycles. The molecule has 0 bridgehead atoms. The maximum absolute atomic E-state index is 13.7. The highest BCUT2D eigenvalue weighted by atomic mass is 35.5. The number of carbonyl (C=O) groups is 2. The third kappa shape index (κ3) is 6.68. The van der Waals surface area contributed by atoms with Crippen molar-refractivity contribution < 1.29 is 18.0 Å². The van der Waals surface area contributed by atoms with Gasteiger partial charge in [0.2, 0.25) is 15.9 Å². The third-order valence-corrected chi connectivity index (χ3v) is 9.28. The number of rotatable bonds is 8. The second-order valence-corrected chi connectivity index (χ2v) is 12.0. The van der Waals surface area contributed by atoms with Crippen molar-refractivity contribution in [1.82, 2.24) is 14.9 Å². The topological polar surface area (TPSA) is 95.6 Å². The van der Waals surface area contributed by atoms with Crippen LogP contribution in [0, 0.1) is 0 Å². The van der Waals surface area contributed by atoms with Crippen molar-refractivity contribution in [3.05, 3.63) is 98.5 Å². The van der Waals surface area contributed by atoms with Crippen molar-refractivity contribution in [1.29, 1.82) is 0 Å². The minimum absolute atomic E-state index is 0.0386. The smallest absolute Gasteiger partial charge is 0.251 e. The molecule has 1 aliphatic heterocycles. The zero-order valence-corrected chi connectivity index (χ0v) is 23.4. The Kier molecular flexibility index (Phi) is 9.33. The summed E-state index contributed by atoms with van der Waals surface area (Å²) in [5.74, 6) is -0.642. The van der Waals surface area contributed by atoms with E-state index < -0.39 is 16.1 Å². The molecular weight excluding hydrogens is 569 g/mol. The Labute approximate surface area is 237 Å². The molecule has 1 aliphatic rings. The van der Waals surface area contributed by atoms with Gasteiger partial charge in [-0.05, 0) is 72.9 Å². The average Bonchev–Trinajstić information content (AvgIpc) is 3.12. The van der Waals surface area contributed by atoms with Gasteiger partial charge >= 0.3 is 0 Å². The molecule has 11 heteroatoms. The van der Waals surface area contributed by atoms with Gasteiger partial charge in [0.15, 0.2) is 0 Å². The largest absolute Gasteiger partial charge is 0.355 e. The first-order valence-corrected chi connectivity index (χ1v) is 14.6. The number of carbonyl (C=O) groups excluding carboxylic acids is 2. The number of halogens is 3. The van der Waals surface area contributed by atoms with E-state index in [-0.39, 0.29) is 29.8 Å². The van der Waals surface area contributed by atoms with Crippen molar-refractivity contribution >= 4 is 56.6 Å². The van der Waals surface area contributed by atoms with E-state index in [0.29, 0.717) is 51.1 Å². The van der Waals surface area contributed by atoms with Gasteiger partial charge in [0, 0.05) is 30.2 Å². The van der Waals surface area contributed by atoms with E-state index in [1.807, 2.05) is 0 Å². The fraction of sp³-hybridized carbons (Fsp3) is 0.259. The number of nitrogens with one attached hydrogen (secondary N) is 2. The number of amides is 2. The molecule has 0 unspecified atom stereocenters. The highest BCUT2D eigenvalue weighted by molar-refractivity contribution is 7.89. The van der Waals surface area contributed by atoms with Crippen LogP contribution in [0.5, 0.6) is 0 Å². The van der Waals surface area contributed by atoms with Gasteiger partial charge in [-0.1, -0.05) is 59.1 Å². The highest BCUT2D eigenvalue weighted by Gasteiger charge is 2.36. The summed E-state index contributed by atoms with van der Waals surface area (Å²) in [6.45, 7) is 0.668.